The Morgan fingerprint density at radius 1 is 1.03 bits per heavy atom. The van der Waals surface area contributed by atoms with Crippen LogP contribution in [-0.4, -0.2) is 57.3 Å². The number of carbonyl (C=O) groups excluding carboxylic acids is 2. The number of ether oxygens (including phenoxy) is 2. The first-order chi connectivity index (χ1) is 16.9. The summed E-state index contributed by atoms with van der Waals surface area (Å²) >= 11 is 0. The third-order valence-corrected chi connectivity index (χ3v) is 3.85. The van der Waals surface area contributed by atoms with Gasteiger partial charge in [0.1, 0.15) is 17.8 Å². The number of anilines is 1. The Morgan fingerprint density at radius 3 is 2.20 bits per heavy atom. The molecule has 0 aliphatic rings. The maximum absolute atomic E-state index is 12.7. The Balaban J connectivity index is 0.000000247. The third-order valence-electron chi connectivity index (χ3n) is 3.85. The predicted octanol–water partition coefficient (Wildman–Crippen LogP) is 3.20. The van der Waals surface area contributed by atoms with Crippen LogP contribution in [-0.2, 0) is 14.3 Å². The van der Waals surface area contributed by atoms with Crippen LogP contribution < -0.4 is 5.43 Å². The van der Waals surface area contributed by atoms with Gasteiger partial charge in [0.05, 0.1) is 30.8 Å². The zero-order valence-corrected chi connectivity index (χ0v) is 18.8. The maximum Gasteiger partial charge on any atom is 0.360 e. The van der Waals surface area contributed by atoms with Gasteiger partial charge < -0.3 is 14.7 Å². The van der Waals surface area contributed by atoms with E-state index in [1.165, 1.54) is 59.5 Å². The van der Waals surface area contributed by atoms with E-state index in [0.29, 0.717) is 11.4 Å². The minimum atomic E-state index is -0.732. The standard InChI is InChI=1S/C11H12FN3O3.C11H10FN3O2/c1-2-18-11(16)10(7-13-17)15-14-9-5-3-8(12)4-6-9;1-2-17-11(16)10-7-13-15(14-10)9-5-3-8(12)4-6-9/h3-7,14,17H,2H2,1H3;3-7H,2H2,1H3. The summed E-state index contributed by atoms with van der Waals surface area (Å²) in [4.78, 5) is 23.9. The number of aromatic nitrogens is 3. The molecule has 0 bridgehead atoms. The Bertz CT molecular complexity index is 1160. The Hall–Kier alpha value is -4.68. The molecular formula is C22H22F2N6O5. The van der Waals surface area contributed by atoms with Gasteiger partial charge in [0.2, 0.25) is 0 Å². The summed E-state index contributed by atoms with van der Waals surface area (Å²) in [5, 5.41) is 22.6. The number of oxime groups is 1. The van der Waals surface area contributed by atoms with Crippen molar-refractivity contribution in [2.24, 2.45) is 10.3 Å². The second kappa shape index (κ2) is 13.8. The van der Waals surface area contributed by atoms with Crippen molar-refractivity contribution in [2.45, 2.75) is 13.8 Å². The highest BCUT2D eigenvalue weighted by atomic mass is 19.1. The number of hydrogen-bond acceptors (Lipinski definition) is 10. The van der Waals surface area contributed by atoms with Gasteiger partial charge in [-0.25, -0.2) is 18.4 Å². The molecule has 0 aliphatic carbocycles. The first-order valence-corrected chi connectivity index (χ1v) is 10.2. The average molecular weight is 488 g/mol. The van der Waals surface area contributed by atoms with Crippen LogP contribution in [0.5, 0.6) is 0 Å². The maximum atomic E-state index is 12.7. The molecule has 0 amide bonds. The van der Waals surface area contributed by atoms with E-state index in [1.54, 1.807) is 13.8 Å². The molecule has 35 heavy (non-hydrogen) atoms. The molecule has 1 aromatic heterocycles. The number of nitrogens with zero attached hydrogens (tertiary/aromatic N) is 5. The monoisotopic (exact) mass is 488 g/mol. The smallest absolute Gasteiger partial charge is 0.360 e. The van der Waals surface area contributed by atoms with Gasteiger partial charge in [0.25, 0.3) is 0 Å². The number of carbonyl (C=O) groups is 2. The van der Waals surface area contributed by atoms with Gasteiger partial charge in [-0.1, -0.05) is 5.16 Å². The molecule has 0 saturated carbocycles. The van der Waals surface area contributed by atoms with Gasteiger partial charge >= 0.3 is 11.9 Å². The zero-order chi connectivity index (χ0) is 25.6. The number of esters is 2. The van der Waals surface area contributed by atoms with Crippen molar-refractivity contribution in [2.75, 3.05) is 18.6 Å². The Morgan fingerprint density at radius 2 is 1.63 bits per heavy atom. The fourth-order valence-corrected chi connectivity index (χ4v) is 2.30. The summed E-state index contributed by atoms with van der Waals surface area (Å²) in [6.45, 7) is 3.80. The van der Waals surface area contributed by atoms with Crippen molar-refractivity contribution in [3.63, 3.8) is 0 Å². The molecule has 3 aromatic rings. The molecular weight excluding hydrogens is 466 g/mol. The average Bonchev–Trinajstić information content (AvgIpc) is 3.34. The Kier molecular flexibility index (Phi) is 10.5. The third kappa shape index (κ3) is 8.64. The van der Waals surface area contributed by atoms with Crippen molar-refractivity contribution in [3.05, 3.63) is 72.1 Å². The highest BCUT2D eigenvalue weighted by molar-refractivity contribution is 6.59. The lowest BCUT2D eigenvalue weighted by Crippen LogP contribution is -2.20. The normalized spacial score (nSPS) is 10.9. The minimum Gasteiger partial charge on any atom is -0.461 e. The van der Waals surface area contributed by atoms with Crippen molar-refractivity contribution in [3.8, 4) is 5.69 Å². The fraction of sp³-hybridized carbons (Fsp3) is 0.182. The van der Waals surface area contributed by atoms with Crippen molar-refractivity contribution in [1.29, 1.82) is 0 Å². The van der Waals surface area contributed by atoms with Crippen LogP contribution in [0.3, 0.4) is 0 Å². The molecule has 184 valence electrons. The number of halogens is 2. The summed E-state index contributed by atoms with van der Waals surface area (Å²) in [5.74, 6) is -1.98. The van der Waals surface area contributed by atoms with Crippen LogP contribution in [0.1, 0.15) is 24.3 Å². The number of rotatable bonds is 8. The number of benzene rings is 2. The minimum absolute atomic E-state index is 0.121. The molecule has 2 aromatic carbocycles. The van der Waals surface area contributed by atoms with E-state index in [2.05, 4.69) is 25.9 Å². The van der Waals surface area contributed by atoms with Crippen LogP contribution in [0.25, 0.3) is 5.69 Å². The van der Waals surface area contributed by atoms with Gasteiger partial charge in [-0.2, -0.15) is 15.0 Å². The molecule has 0 unspecified atom stereocenters. The van der Waals surface area contributed by atoms with Gasteiger partial charge in [-0.15, -0.1) is 5.10 Å². The molecule has 1 heterocycles. The second-order valence-electron chi connectivity index (χ2n) is 6.30. The quantitative estimate of drug-likeness (QED) is 0.213. The summed E-state index contributed by atoms with van der Waals surface area (Å²) < 4.78 is 34.8. The molecule has 11 nitrogen and oxygen atoms in total. The molecule has 0 spiro atoms. The van der Waals surface area contributed by atoms with Crippen LogP contribution in [0.2, 0.25) is 0 Å². The first kappa shape index (κ1) is 26.6. The van der Waals surface area contributed by atoms with E-state index in [-0.39, 0.29) is 36.3 Å². The molecule has 13 heteroatoms. The van der Waals surface area contributed by atoms with E-state index >= 15 is 0 Å². The molecule has 2 N–H and O–H groups in total. The molecule has 0 aliphatic heterocycles. The van der Waals surface area contributed by atoms with E-state index in [0.717, 1.165) is 6.21 Å². The van der Waals surface area contributed by atoms with E-state index in [9.17, 15) is 18.4 Å². The van der Waals surface area contributed by atoms with Crippen molar-refractivity contribution < 1.29 is 33.1 Å². The molecule has 0 atom stereocenters. The highest BCUT2D eigenvalue weighted by Crippen LogP contribution is 2.08. The summed E-state index contributed by atoms with van der Waals surface area (Å²) in [5.41, 5.74) is 3.48. The largest absolute Gasteiger partial charge is 0.461 e. The van der Waals surface area contributed by atoms with E-state index < -0.39 is 11.9 Å². The fourth-order valence-electron chi connectivity index (χ4n) is 2.30. The second-order valence-corrected chi connectivity index (χ2v) is 6.30. The lowest BCUT2D eigenvalue weighted by atomic mass is 10.3. The van der Waals surface area contributed by atoms with Crippen molar-refractivity contribution >= 4 is 29.6 Å². The lowest BCUT2D eigenvalue weighted by molar-refractivity contribution is -0.134. The van der Waals surface area contributed by atoms with Crippen molar-refractivity contribution in [1.82, 2.24) is 15.0 Å². The molecule has 0 fully saturated rings. The van der Waals surface area contributed by atoms with Crippen LogP contribution in [0.15, 0.2) is 65.0 Å². The highest BCUT2D eigenvalue weighted by Gasteiger charge is 2.12. The van der Waals surface area contributed by atoms with Gasteiger partial charge in [-0.05, 0) is 62.4 Å². The van der Waals surface area contributed by atoms with Gasteiger partial charge in [0.15, 0.2) is 11.4 Å². The van der Waals surface area contributed by atoms with Crippen LogP contribution >= 0.6 is 0 Å². The van der Waals surface area contributed by atoms with Crippen LogP contribution in [0.4, 0.5) is 14.5 Å². The zero-order valence-electron chi connectivity index (χ0n) is 18.8. The first-order valence-electron chi connectivity index (χ1n) is 10.2. The molecule has 3 rings (SSSR count). The van der Waals surface area contributed by atoms with Gasteiger partial charge in [-0.3, -0.25) is 5.43 Å². The lowest BCUT2D eigenvalue weighted by Gasteiger charge is -2.03. The number of hydrogen-bond donors (Lipinski definition) is 2. The van der Waals surface area contributed by atoms with Gasteiger partial charge in [0, 0.05) is 0 Å². The summed E-state index contributed by atoms with van der Waals surface area (Å²) in [7, 11) is 0. The molecule has 0 radical (unpaired) electrons. The van der Waals surface area contributed by atoms with Crippen LogP contribution in [0, 0.1) is 11.6 Å². The topological polar surface area (TPSA) is 140 Å². The number of nitrogens with one attached hydrogen (secondary N) is 1. The summed E-state index contributed by atoms with van der Waals surface area (Å²) in [6, 6.07) is 11.0. The van der Waals surface area contributed by atoms with E-state index in [4.69, 9.17) is 14.7 Å². The van der Waals surface area contributed by atoms with E-state index in [1.807, 2.05) is 0 Å². The number of hydrazone groups is 1. The predicted molar refractivity (Wildman–Crippen MR) is 122 cm³/mol. The molecule has 0 saturated heterocycles. The SMILES string of the molecule is CCOC(=O)C(C=NO)=NNc1ccc(F)cc1.CCOC(=O)c1cnn(-c2ccc(F)cc2)n1. The summed E-state index contributed by atoms with van der Waals surface area (Å²) in [6.07, 6.45) is 2.15. The Labute approximate surface area is 198 Å².